The van der Waals surface area contributed by atoms with Crippen LogP contribution in [-0.2, 0) is 0 Å². The molecule has 3 nitrogen and oxygen atoms in total. The Kier molecular flexibility index (Phi) is 3.98. The molecule has 21 heavy (non-hydrogen) atoms. The van der Waals surface area contributed by atoms with Crippen LogP contribution in [0.3, 0.4) is 0 Å². The van der Waals surface area contributed by atoms with E-state index in [4.69, 9.17) is 5.73 Å². The number of fused-ring (bicyclic) bond motifs is 1. The average molecular weight is 287 g/mol. The molecule has 0 aromatic heterocycles. The molecule has 2 fully saturated rings. The van der Waals surface area contributed by atoms with Gasteiger partial charge in [-0.1, -0.05) is 12.5 Å². The van der Waals surface area contributed by atoms with Crippen molar-refractivity contribution in [3.8, 4) is 0 Å². The van der Waals surface area contributed by atoms with Crippen molar-refractivity contribution in [3.63, 3.8) is 0 Å². The monoisotopic (exact) mass is 287 g/mol. The van der Waals surface area contributed by atoms with Crippen molar-refractivity contribution in [2.75, 3.05) is 31.6 Å². The van der Waals surface area contributed by atoms with Crippen molar-refractivity contribution in [2.45, 2.75) is 51.1 Å². The topological polar surface area (TPSA) is 32.5 Å². The highest BCUT2D eigenvalue weighted by Gasteiger charge is 2.49. The lowest BCUT2D eigenvalue weighted by molar-refractivity contribution is 0.157. The Morgan fingerprint density at radius 3 is 2.57 bits per heavy atom. The first kappa shape index (κ1) is 14.9. The van der Waals surface area contributed by atoms with Crippen molar-refractivity contribution in [1.29, 1.82) is 0 Å². The van der Waals surface area contributed by atoms with Crippen LogP contribution in [0.1, 0.15) is 36.8 Å². The summed E-state index contributed by atoms with van der Waals surface area (Å²) in [5.41, 5.74) is 10.4. The van der Waals surface area contributed by atoms with E-state index < -0.39 is 0 Å². The first-order valence-electron chi connectivity index (χ1n) is 8.33. The first-order valence-corrected chi connectivity index (χ1v) is 8.33. The molecule has 2 unspecified atom stereocenters. The van der Waals surface area contributed by atoms with Crippen LogP contribution >= 0.6 is 0 Å². The van der Waals surface area contributed by atoms with Gasteiger partial charge in [0.2, 0.25) is 0 Å². The van der Waals surface area contributed by atoms with Crippen molar-refractivity contribution < 1.29 is 0 Å². The summed E-state index contributed by atoms with van der Waals surface area (Å²) in [5, 5.41) is 0. The molecule has 3 rings (SSSR count). The molecule has 0 bridgehead atoms. The third kappa shape index (κ3) is 2.47. The van der Waals surface area contributed by atoms with Gasteiger partial charge in [0.05, 0.1) is 5.54 Å². The van der Waals surface area contributed by atoms with Gasteiger partial charge in [0.25, 0.3) is 0 Å². The lowest BCUT2D eigenvalue weighted by Gasteiger charge is -2.47. The van der Waals surface area contributed by atoms with E-state index in [0.29, 0.717) is 6.04 Å². The molecule has 1 aromatic carbocycles. The van der Waals surface area contributed by atoms with E-state index in [1.807, 2.05) is 0 Å². The number of anilines is 1. The molecule has 2 saturated heterocycles. The number of hydrogen-bond acceptors (Lipinski definition) is 3. The van der Waals surface area contributed by atoms with E-state index in [0.717, 1.165) is 6.54 Å². The molecule has 0 radical (unpaired) electrons. The largest absolute Gasteiger partial charge is 0.366 e. The summed E-state index contributed by atoms with van der Waals surface area (Å²) in [4.78, 5) is 5.17. The fourth-order valence-electron chi connectivity index (χ4n) is 4.54. The fourth-order valence-corrected chi connectivity index (χ4v) is 4.54. The maximum absolute atomic E-state index is 6.32. The Balaban J connectivity index is 1.95. The third-order valence-electron chi connectivity index (χ3n) is 5.68. The number of nitrogens with zero attached hydrogens (tertiary/aromatic N) is 2. The minimum absolute atomic E-state index is 0.112. The molecule has 116 valence electrons. The summed E-state index contributed by atoms with van der Waals surface area (Å²) < 4.78 is 0. The van der Waals surface area contributed by atoms with Gasteiger partial charge in [0.1, 0.15) is 0 Å². The van der Waals surface area contributed by atoms with E-state index in [9.17, 15) is 0 Å². The molecule has 2 N–H and O–H groups in total. The van der Waals surface area contributed by atoms with Gasteiger partial charge >= 0.3 is 0 Å². The number of aryl methyl sites for hydroxylation is 2. The SMILES string of the molecule is Cc1cc(C)cc(N(C)C2(CN)CCN3CCCCC32)c1. The van der Waals surface area contributed by atoms with Crippen LogP contribution in [0.25, 0.3) is 0 Å². The van der Waals surface area contributed by atoms with Crippen LogP contribution in [-0.4, -0.2) is 43.2 Å². The second kappa shape index (κ2) is 5.62. The normalized spacial score (nSPS) is 29.4. The van der Waals surface area contributed by atoms with Crippen molar-refractivity contribution in [3.05, 3.63) is 29.3 Å². The van der Waals surface area contributed by atoms with Gasteiger partial charge in [-0.3, -0.25) is 4.90 Å². The molecule has 0 amide bonds. The Morgan fingerprint density at radius 1 is 1.19 bits per heavy atom. The average Bonchev–Trinajstić information content (AvgIpc) is 2.85. The zero-order valence-electron chi connectivity index (χ0n) is 13.7. The first-order chi connectivity index (χ1) is 10.1. The van der Waals surface area contributed by atoms with Gasteiger partial charge in [-0.25, -0.2) is 0 Å². The Hall–Kier alpha value is -1.06. The fraction of sp³-hybridized carbons (Fsp3) is 0.667. The van der Waals surface area contributed by atoms with E-state index >= 15 is 0 Å². The number of hydrogen-bond donors (Lipinski definition) is 1. The molecule has 2 aliphatic rings. The maximum atomic E-state index is 6.32. The van der Waals surface area contributed by atoms with E-state index in [2.05, 4.69) is 48.9 Å². The van der Waals surface area contributed by atoms with E-state index in [1.54, 1.807) is 0 Å². The van der Waals surface area contributed by atoms with Crippen molar-refractivity contribution >= 4 is 5.69 Å². The van der Waals surface area contributed by atoms with Crippen LogP contribution in [0.2, 0.25) is 0 Å². The minimum Gasteiger partial charge on any atom is -0.366 e. The summed E-state index contributed by atoms with van der Waals surface area (Å²) in [7, 11) is 2.25. The summed E-state index contributed by atoms with van der Waals surface area (Å²) in [6, 6.07) is 7.47. The van der Waals surface area contributed by atoms with Gasteiger partial charge in [0, 0.05) is 31.9 Å². The second-order valence-corrected chi connectivity index (χ2v) is 7.01. The lowest BCUT2D eigenvalue weighted by Crippen LogP contribution is -2.61. The molecule has 2 atom stereocenters. The van der Waals surface area contributed by atoms with Crippen molar-refractivity contribution in [1.82, 2.24) is 4.90 Å². The lowest BCUT2D eigenvalue weighted by atomic mass is 9.83. The number of nitrogens with two attached hydrogens (primary N) is 1. The second-order valence-electron chi connectivity index (χ2n) is 7.01. The molecular weight excluding hydrogens is 258 g/mol. The summed E-state index contributed by atoms with van der Waals surface area (Å²) in [5.74, 6) is 0. The smallest absolute Gasteiger partial charge is 0.0687 e. The van der Waals surface area contributed by atoms with Crippen LogP contribution in [0.4, 0.5) is 5.69 Å². The molecule has 1 aromatic rings. The van der Waals surface area contributed by atoms with Gasteiger partial charge < -0.3 is 10.6 Å². The molecule has 0 aliphatic carbocycles. The van der Waals surface area contributed by atoms with Gasteiger partial charge in [0.15, 0.2) is 0 Å². The molecule has 3 heteroatoms. The standard InChI is InChI=1S/C18H29N3/c1-14-10-15(2)12-16(11-14)20(3)18(13-19)7-9-21-8-5-4-6-17(18)21/h10-12,17H,4-9,13,19H2,1-3H3. The summed E-state index contributed by atoms with van der Waals surface area (Å²) in [6.07, 6.45) is 5.19. The predicted octanol–water partition coefficient (Wildman–Crippen LogP) is 2.70. The van der Waals surface area contributed by atoms with Crippen molar-refractivity contribution in [2.24, 2.45) is 5.73 Å². The highest BCUT2D eigenvalue weighted by Crippen LogP contribution is 2.40. The summed E-state index contributed by atoms with van der Waals surface area (Å²) >= 11 is 0. The van der Waals surface area contributed by atoms with E-state index in [-0.39, 0.29) is 5.54 Å². The minimum atomic E-state index is 0.112. The zero-order chi connectivity index (χ0) is 15.0. The highest BCUT2D eigenvalue weighted by molar-refractivity contribution is 5.53. The van der Waals surface area contributed by atoms with Crippen LogP contribution in [0.15, 0.2) is 18.2 Å². The van der Waals surface area contributed by atoms with E-state index in [1.165, 1.54) is 55.6 Å². The number of rotatable bonds is 3. The molecule has 2 heterocycles. The van der Waals surface area contributed by atoms with Gasteiger partial charge in [-0.05, 0) is 62.9 Å². The molecule has 0 saturated carbocycles. The molecule has 0 spiro atoms. The number of piperidine rings is 1. The van der Waals surface area contributed by atoms with Crippen LogP contribution < -0.4 is 10.6 Å². The predicted molar refractivity (Wildman–Crippen MR) is 89.9 cm³/mol. The zero-order valence-corrected chi connectivity index (χ0v) is 13.7. The van der Waals surface area contributed by atoms with Gasteiger partial charge in [-0.2, -0.15) is 0 Å². The Labute approximate surface area is 129 Å². The Morgan fingerprint density at radius 2 is 1.90 bits per heavy atom. The summed E-state index contributed by atoms with van der Waals surface area (Å²) in [6.45, 7) is 7.57. The Bertz CT molecular complexity index is 493. The molecule has 2 aliphatic heterocycles. The quantitative estimate of drug-likeness (QED) is 0.928. The number of benzene rings is 1. The number of likely N-dealkylation sites (N-methyl/N-ethyl adjacent to an activating group) is 1. The highest BCUT2D eigenvalue weighted by atomic mass is 15.3. The van der Waals surface area contributed by atoms with Gasteiger partial charge in [-0.15, -0.1) is 0 Å². The van der Waals surface area contributed by atoms with Crippen LogP contribution in [0.5, 0.6) is 0 Å². The third-order valence-corrected chi connectivity index (χ3v) is 5.68. The maximum Gasteiger partial charge on any atom is 0.0687 e. The molecular formula is C18H29N3. The van der Waals surface area contributed by atoms with Crippen LogP contribution in [0, 0.1) is 13.8 Å².